The molecule has 5 atom stereocenters. The molecule has 2 aliphatic heterocycles. The molecular weight excluding hydrogens is 492 g/mol. The van der Waals surface area contributed by atoms with Crippen molar-refractivity contribution in [1.29, 1.82) is 0 Å². The molecule has 3 fully saturated rings. The summed E-state index contributed by atoms with van der Waals surface area (Å²) in [4.78, 5) is 28.7. The lowest BCUT2D eigenvalue weighted by Crippen LogP contribution is -2.54. The van der Waals surface area contributed by atoms with E-state index >= 15 is 0 Å². The van der Waals surface area contributed by atoms with Gasteiger partial charge in [0, 0.05) is 30.6 Å². The summed E-state index contributed by atoms with van der Waals surface area (Å²) in [6, 6.07) is 15.8. The van der Waals surface area contributed by atoms with Gasteiger partial charge < -0.3 is 20.3 Å². The fourth-order valence-corrected chi connectivity index (χ4v) is 5.82. The molecule has 39 heavy (non-hydrogen) atoms. The molecule has 9 heteroatoms. The van der Waals surface area contributed by atoms with Crippen LogP contribution in [0.3, 0.4) is 0 Å². The largest absolute Gasteiger partial charge is 0.371 e. The van der Waals surface area contributed by atoms with Crippen molar-refractivity contribution in [2.75, 3.05) is 19.6 Å². The van der Waals surface area contributed by atoms with E-state index in [1.54, 1.807) is 29.2 Å². The average Bonchev–Trinajstić information content (AvgIpc) is 3.34. The zero-order chi connectivity index (χ0) is 26.8. The Morgan fingerprint density at radius 1 is 1.05 bits per heavy atom. The quantitative estimate of drug-likeness (QED) is 0.393. The molecule has 204 valence electrons. The summed E-state index contributed by atoms with van der Waals surface area (Å²) in [7, 11) is 0. The average molecular weight is 529 g/mol. The third-order valence-electron chi connectivity index (χ3n) is 8.15. The minimum Gasteiger partial charge on any atom is -0.371 e. The zero-order valence-corrected chi connectivity index (χ0v) is 22.3. The SMILES string of the molecule is Cc1ccc([C@@H]2C[C@H]2NCCC[C@H](NC(=O)c2ccc(-n3ccnn3)cc2)C(=O)N2CC3CCC(C2)O3)cc1. The Hall–Kier alpha value is -3.56. The maximum absolute atomic E-state index is 13.6. The van der Waals surface area contributed by atoms with Gasteiger partial charge in [0.25, 0.3) is 5.91 Å². The first-order valence-electron chi connectivity index (χ1n) is 14.1. The fourth-order valence-electron chi connectivity index (χ4n) is 5.82. The first-order chi connectivity index (χ1) is 19.0. The molecule has 2 saturated heterocycles. The van der Waals surface area contributed by atoms with Crippen molar-refractivity contribution in [2.24, 2.45) is 0 Å². The van der Waals surface area contributed by atoms with Gasteiger partial charge in [0.15, 0.2) is 0 Å². The monoisotopic (exact) mass is 528 g/mol. The van der Waals surface area contributed by atoms with Gasteiger partial charge in [-0.05, 0) is 75.4 Å². The van der Waals surface area contributed by atoms with Crippen molar-refractivity contribution in [2.45, 2.75) is 69.2 Å². The number of amides is 2. The predicted molar refractivity (Wildman–Crippen MR) is 147 cm³/mol. The number of carbonyl (C=O) groups excluding carboxylic acids is 2. The molecule has 2 bridgehead atoms. The number of aryl methyl sites for hydroxylation is 1. The molecule has 1 aromatic heterocycles. The molecule has 9 nitrogen and oxygen atoms in total. The second-order valence-corrected chi connectivity index (χ2v) is 11.1. The van der Waals surface area contributed by atoms with Crippen LogP contribution in [0.2, 0.25) is 0 Å². The predicted octanol–water partition coefficient (Wildman–Crippen LogP) is 2.99. The van der Waals surface area contributed by atoms with Gasteiger partial charge in [-0.25, -0.2) is 4.68 Å². The standard InChI is InChI=1S/C30H36N6O3/c1-20-4-6-21(7-5-20)26-17-28(26)31-14-2-3-27(30(38)35-18-24-12-13-25(19-35)39-24)33-29(37)22-8-10-23(11-9-22)36-16-15-32-34-36/h4-11,15-16,24-28,31H,2-3,12-14,17-19H2,1H3,(H,33,37)/t24?,25?,26-,27-,28+/m0/s1. The minimum absolute atomic E-state index is 0.00765. The van der Waals surface area contributed by atoms with Crippen LogP contribution < -0.4 is 10.6 Å². The van der Waals surface area contributed by atoms with Gasteiger partial charge in [-0.3, -0.25) is 9.59 Å². The second-order valence-electron chi connectivity index (χ2n) is 11.1. The van der Waals surface area contributed by atoms with E-state index in [4.69, 9.17) is 4.74 Å². The van der Waals surface area contributed by atoms with E-state index in [0.717, 1.165) is 37.9 Å². The van der Waals surface area contributed by atoms with E-state index in [9.17, 15) is 9.59 Å². The summed E-state index contributed by atoms with van der Waals surface area (Å²) < 4.78 is 7.57. The highest BCUT2D eigenvalue weighted by atomic mass is 16.5. The third kappa shape index (κ3) is 6.04. The summed E-state index contributed by atoms with van der Waals surface area (Å²) in [5.74, 6) is 0.308. The molecule has 3 aromatic rings. The van der Waals surface area contributed by atoms with Crippen LogP contribution in [-0.4, -0.2) is 75.6 Å². The molecule has 3 aliphatic rings. The fraction of sp³-hybridized carbons (Fsp3) is 0.467. The highest BCUT2D eigenvalue weighted by Crippen LogP contribution is 2.40. The summed E-state index contributed by atoms with van der Waals surface area (Å²) in [6.45, 7) is 4.13. The highest BCUT2D eigenvalue weighted by Gasteiger charge is 2.39. The van der Waals surface area contributed by atoms with E-state index < -0.39 is 6.04 Å². The van der Waals surface area contributed by atoms with Crippen molar-refractivity contribution < 1.29 is 14.3 Å². The molecule has 3 heterocycles. The first-order valence-corrected chi connectivity index (χ1v) is 14.1. The number of hydrogen-bond acceptors (Lipinski definition) is 6. The number of fused-ring (bicyclic) bond motifs is 2. The van der Waals surface area contributed by atoms with Crippen LogP contribution >= 0.6 is 0 Å². The number of ether oxygens (including phenoxy) is 1. The van der Waals surface area contributed by atoms with E-state index in [1.807, 2.05) is 17.0 Å². The Balaban J connectivity index is 1.06. The number of aromatic nitrogens is 3. The van der Waals surface area contributed by atoms with Gasteiger partial charge in [-0.1, -0.05) is 35.0 Å². The molecule has 6 rings (SSSR count). The first kappa shape index (κ1) is 25.7. The summed E-state index contributed by atoms with van der Waals surface area (Å²) in [6.07, 6.45) is 8.11. The number of morpholine rings is 1. The lowest BCUT2D eigenvalue weighted by molar-refractivity contribution is -0.142. The van der Waals surface area contributed by atoms with Crippen molar-refractivity contribution in [3.63, 3.8) is 0 Å². The van der Waals surface area contributed by atoms with Gasteiger partial charge >= 0.3 is 0 Å². The maximum Gasteiger partial charge on any atom is 0.251 e. The summed E-state index contributed by atoms with van der Waals surface area (Å²) in [5, 5.41) is 14.5. The lowest BCUT2D eigenvalue weighted by atomic mass is 10.1. The molecule has 0 spiro atoms. The minimum atomic E-state index is -0.570. The zero-order valence-electron chi connectivity index (χ0n) is 22.3. The maximum atomic E-state index is 13.6. The van der Waals surface area contributed by atoms with Crippen LogP contribution in [-0.2, 0) is 9.53 Å². The molecule has 2 amide bonds. The lowest BCUT2D eigenvalue weighted by Gasteiger charge is -2.34. The molecule has 0 radical (unpaired) electrons. The second kappa shape index (κ2) is 11.3. The van der Waals surface area contributed by atoms with Crippen molar-refractivity contribution >= 4 is 11.8 Å². The smallest absolute Gasteiger partial charge is 0.251 e. The van der Waals surface area contributed by atoms with Gasteiger partial charge in [-0.2, -0.15) is 0 Å². The van der Waals surface area contributed by atoms with Crippen LogP contribution in [0.15, 0.2) is 60.9 Å². The van der Waals surface area contributed by atoms with Crippen molar-refractivity contribution in [3.8, 4) is 5.69 Å². The van der Waals surface area contributed by atoms with Gasteiger partial charge in [0.2, 0.25) is 5.91 Å². The van der Waals surface area contributed by atoms with Crippen LogP contribution in [0.1, 0.15) is 59.5 Å². The Kier molecular flexibility index (Phi) is 7.43. The third-order valence-corrected chi connectivity index (χ3v) is 8.15. The van der Waals surface area contributed by atoms with Crippen LogP contribution in [0.4, 0.5) is 0 Å². The number of carbonyl (C=O) groups is 2. The highest BCUT2D eigenvalue weighted by molar-refractivity contribution is 5.97. The summed E-state index contributed by atoms with van der Waals surface area (Å²) in [5.41, 5.74) is 3.99. The number of nitrogens with zero attached hydrogens (tertiary/aromatic N) is 4. The number of nitrogens with one attached hydrogen (secondary N) is 2. The molecule has 1 saturated carbocycles. The van der Waals surface area contributed by atoms with E-state index in [1.165, 1.54) is 11.1 Å². The van der Waals surface area contributed by atoms with E-state index in [0.29, 0.717) is 37.0 Å². The van der Waals surface area contributed by atoms with E-state index in [2.05, 4.69) is 52.1 Å². The molecular formula is C30H36N6O3. The Labute approximate surface area is 228 Å². The summed E-state index contributed by atoms with van der Waals surface area (Å²) >= 11 is 0. The molecule has 1 aliphatic carbocycles. The number of likely N-dealkylation sites (tertiary alicyclic amines) is 1. The van der Waals surface area contributed by atoms with Crippen molar-refractivity contribution in [3.05, 3.63) is 77.6 Å². The van der Waals surface area contributed by atoms with Crippen molar-refractivity contribution in [1.82, 2.24) is 30.5 Å². The van der Waals surface area contributed by atoms with Gasteiger partial charge in [0.1, 0.15) is 6.04 Å². The van der Waals surface area contributed by atoms with Crippen LogP contribution in [0, 0.1) is 6.92 Å². The number of rotatable bonds is 10. The Bertz CT molecular complexity index is 1270. The Morgan fingerprint density at radius 2 is 1.79 bits per heavy atom. The Morgan fingerprint density at radius 3 is 2.49 bits per heavy atom. The number of hydrogen-bond donors (Lipinski definition) is 2. The van der Waals surface area contributed by atoms with Gasteiger partial charge in [0.05, 0.1) is 30.3 Å². The van der Waals surface area contributed by atoms with Crippen LogP contribution in [0.25, 0.3) is 5.69 Å². The van der Waals surface area contributed by atoms with E-state index in [-0.39, 0.29) is 24.0 Å². The molecule has 2 aromatic carbocycles. The van der Waals surface area contributed by atoms with Crippen LogP contribution in [0.5, 0.6) is 0 Å². The topological polar surface area (TPSA) is 101 Å². The molecule has 2 N–H and O–H groups in total. The normalized spacial score (nSPS) is 24.4. The number of benzene rings is 2. The van der Waals surface area contributed by atoms with Gasteiger partial charge in [-0.15, -0.1) is 5.10 Å². The molecule has 2 unspecified atom stereocenters.